The lowest BCUT2D eigenvalue weighted by Crippen LogP contribution is -2.43. The van der Waals surface area contributed by atoms with Gasteiger partial charge in [-0.3, -0.25) is 19.2 Å². The van der Waals surface area contributed by atoms with Crippen molar-refractivity contribution in [3.05, 3.63) is 49.7 Å². The van der Waals surface area contributed by atoms with Crippen LogP contribution in [0.15, 0.2) is 36.4 Å². The Kier molecular flexibility index (Phi) is 8.56. The largest absolute Gasteiger partial charge is 0.346 e. The molecule has 29 heavy (non-hydrogen) atoms. The monoisotopic (exact) mass is 525 g/mol. The highest BCUT2D eigenvalue weighted by atomic mass is 127. The summed E-state index contributed by atoms with van der Waals surface area (Å²) in [6.07, 6.45) is 0. The second-order valence-electron chi connectivity index (χ2n) is 5.57. The van der Waals surface area contributed by atoms with Crippen LogP contribution >= 0.6 is 33.9 Å². The third-order valence-electron chi connectivity index (χ3n) is 3.37. The van der Waals surface area contributed by atoms with Crippen LogP contribution in [0.1, 0.15) is 14.5 Å². The molecule has 0 bridgehead atoms. The minimum atomic E-state index is -0.561. The lowest BCUT2D eigenvalue weighted by atomic mass is 10.3. The van der Waals surface area contributed by atoms with Crippen molar-refractivity contribution in [3.8, 4) is 6.07 Å². The van der Waals surface area contributed by atoms with Crippen LogP contribution in [0.4, 0.5) is 5.69 Å². The number of benzene rings is 1. The number of nitrogens with zero attached hydrogens (tertiary/aromatic N) is 1. The Balaban J connectivity index is 1.63. The predicted octanol–water partition coefficient (Wildman–Crippen LogP) is 0.825. The van der Waals surface area contributed by atoms with E-state index in [4.69, 9.17) is 5.26 Å². The Bertz CT molecular complexity index is 952. The summed E-state index contributed by atoms with van der Waals surface area (Å²) in [5.74, 6) is -1.98. The molecule has 0 aliphatic rings. The fraction of sp³-hybridized carbons (Fsp3) is 0.167. The molecule has 150 valence electrons. The van der Waals surface area contributed by atoms with E-state index in [2.05, 4.69) is 43.9 Å². The van der Waals surface area contributed by atoms with Crippen LogP contribution < -0.4 is 21.3 Å². The zero-order valence-electron chi connectivity index (χ0n) is 15.0. The van der Waals surface area contributed by atoms with Crippen LogP contribution in [0.5, 0.6) is 0 Å². The van der Waals surface area contributed by atoms with E-state index in [0.717, 1.165) is 14.9 Å². The minimum absolute atomic E-state index is 0.239. The molecule has 2 aromatic rings. The Hall–Kier alpha value is -2.98. The van der Waals surface area contributed by atoms with E-state index in [0.29, 0.717) is 15.4 Å². The standard InChI is InChI=1S/C18H16IN5O4S/c19-11-1-3-12(4-2-11)24-17(27)10-22-15(25)8-21-16(26)9-23-18(28)14-6-5-13(7-20)29-14/h1-6H,8-10H2,(H,21,26)(H,22,25)(H,23,28)(H,24,27). The normalized spacial score (nSPS) is 9.79. The van der Waals surface area contributed by atoms with Crippen molar-refractivity contribution in [2.24, 2.45) is 0 Å². The van der Waals surface area contributed by atoms with Crippen molar-refractivity contribution in [1.29, 1.82) is 5.26 Å². The molecule has 1 aromatic carbocycles. The second-order valence-corrected chi connectivity index (χ2v) is 7.90. The Labute approximate surface area is 184 Å². The van der Waals surface area contributed by atoms with Crippen molar-refractivity contribution in [2.45, 2.75) is 0 Å². The van der Waals surface area contributed by atoms with Gasteiger partial charge in [-0.15, -0.1) is 11.3 Å². The van der Waals surface area contributed by atoms with Crippen LogP contribution in [0.3, 0.4) is 0 Å². The fourth-order valence-electron chi connectivity index (χ4n) is 1.99. The molecule has 1 heterocycles. The van der Waals surface area contributed by atoms with Crippen LogP contribution in [-0.2, 0) is 14.4 Å². The molecule has 0 saturated carbocycles. The van der Waals surface area contributed by atoms with Gasteiger partial charge in [0, 0.05) is 9.26 Å². The van der Waals surface area contributed by atoms with Crippen molar-refractivity contribution < 1.29 is 19.2 Å². The lowest BCUT2D eigenvalue weighted by Gasteiger charge is -2.08. The van der Waals surface area contributed by atoms with E-state index in [9.17, 15) is 19.2 Å². The Morgan fingerprint density at radius 3 is 2.03 bits per heavy atom. The SMILES string of the molecule is N#Cc1ccc(C(=O)NCC(=O)NCC(=O)NCC(=O)Nc2ccc(I)cc2)s1. The molecule has 4 amide bonds. The summed E-state index contributed by atoms with van der Waals surface area (Å²) in [6.45, 7) is -0.890. The van der Waals surface area contributed by atoms with Gasteiger partial charge >= 0.3 is 0 Å². The number of anilines is 1. The maximum atomic E-state index is 11.8. The number of hydrogen-bond donors (Lipinski definition) is 4. The molecule has 0 radical (unpaired) electrons. The first-order valence-electron chi connectivity index (χ1n) is 8.24. The molecule has 2 rings (SSSR count). The molecule has 0 spiro atoms. The minimum Gasteiger partial charge on any atom is -0.346 e. The molecule has 0 fully saturated rings. The number of hydrogen-bond acceptors (Lipinski definition) is 6. The van der Waals surface area contributed by atoms with Gasteiger partial charge in [-0.25, -0.2) is 0 Å². The summed E-state index contributed by atoms with van der Waals surface area (Å²) in [5, 5.41) is 18.5. The summed E-state index contributed by atoms with van der Waals surface area (Å²) in [4.78, 5) is 47.8. The number of amides is 4. The van der Waals surface area contributed by atoms with E-state index in [1.54, 1.807) is 12.1 Å². The van der Waals surface area contributed by atoms with Crippen molar-refractivity contribution >= 4 is 63.2 Å². The number of halogens is 1. The van der Waals surface area contributed by atoms with Gasteiger partial charge in [0.1, 0.15) is 10.9 Å². The molecule has 1 aromatic heterocycles. The first kappa shape index (κ1) is 22.3. The van der Waals surface area contributed by atoms with Gasteiger partial charge < -0.3 is 21.3 Å². The topological polar surface area (TPSA) is 140 Å². The maximum absolute atomic E-state index is 11.8. The molecule has 9 nitrogen and oxygen atoms in total. The molecule has 0 atom stereocenters. The molecular formula is C18H16IN5O4S. The van der Waals surface area contributed by atoms with Gasteiger partial charge in [0.2, 0.25) is 17.7 Å². The third-order valence-corrected chi connectivity index (χ3v) is 5.08. The molecule has 0 aliphatic heterocycles. The van der Waals surface area contributed by atoms with Gasteiger partial charge in [-0.1, -0.05) is 0 Å². The highest BCUT2D eigenvalue weighted by molar-refractivity contribution is 14.1. The fourth-order valence-corrected chi connectivity index (χ4v) is 3.07. The number of carbonyl (C=O) groups excluding carboxylic acids is 4. The summed E-state index contributed by atoms with van der Waals surface area (Å²) in [7, 11) is 0. The molecule has 0 unspecified atom stereocenters. The summed E-state index contributed by atoms with van der Waals surface area (Å²) in [6, 6.07) is 12.1. The van der Waals surface area contributed by atoms with Crippen LogP contribution in [0.25, 0.3) is 0 Å². The van der Waals surface area contributed by atoms with E-state index < -0.39 is 23.6 Å². The predicted molar refractivity (Wildman–Crippen MR) is 115 cm³/mol. The van der Waals surface area contributed by atoms with Crippen LogP contribution in [0.2, 0.25) is 0 Å². The van der Waals surface area contributed by atoms with E-state index in [-0.39, 0.29) is 19.6 Å². The first-order valence-corrected chi connectivity index (χ1v) is 10.1. The van der Waals surface area contributed by atoms with E-state index >= 15 is 0 Å². The Morgan fingerprint density at radius 2 is 1.45 bits per heavy atom. The molecule has 11 heteroatoms. The number of nitrogens with one attached hydrogen (secondary N) is 4. The van der Waals surface area contributed by atoms with Gasteiger partial charge in [0.05, 0.1) is 24.5 Å². The van der Waals surface area contributed by atoms with Gasteiger partial charge in [0.25, 0.3) is 5.91 Å². The Morgan fingerprint density at radius 1 is 0.862 bits per heavy atom. The zero-order chi connectivity index (χ0) is 21.2. The maximum Gasteiger partial charge on any atom is 0.261 e. The average molecular weight is 525 g/mol. The van der Waals surface area contributed by atoms with Crippen LogP contribution in [-0.4, -0.2) is 43.3 Å². The quantitative estimate of drug-likeness (QED) is 0.378. The molecular weight excluding hydrogens is 509 g/mol. The summed E-state index contributed by atoms with van der Waals surface area (Å²) < 4.78 is 1.03. The number of carbonyl (C=O) groups is 4. The summed E-state index contributed by atoms with van der Waals surface area (Å²) in [5.41, 5.74) is 0.612. The van der Waals surface area contributed by atoms with Crippen molar-refractivity contribution in [3.63, 3.8) is 0 Å². The highest BCUT2D eigenvalue weighted by Gasteiger charge is 2.12. The zero-order valence-corrected chi connectivity index (χ0v) is 17.9. The lowest BCUT2D eigenvalue weighted by molar-refractivity contribution is -0.126. The van der Waals surface area contributed by atoms with Gasteiger partial charge in [0.15, 0.2) is 0 Å². The highest BCUT2D eigenvalue weighted by Crippen LogP contribution is 2.14. The first-order chi connectivity index (χ1) is 13.9. The number of thiophene rings is 1. The van der Waals surface area contributed by atoms with E-state index in [1.165, 1.54) is 12.1 Å². The molecule has 4 N–H and O–H groups in total. The molecule has 0 saturated heterocycles. The van der Waals surface area contributed by atoms with Crippen LogP contribution in [0, 0.1) is 14.9 Å². The van der Waals surface area contributed by atoms with Crippen molar-refractivity contribution in [2.75, 3.05) is 25.0 Å². The smallest absolute Gasteiger partial charge is 0.261 e. The number of nitriles is 1. The van der Waals surface area contributed by atoms with Crippen molar-refractivity contribution in [1.82, 2.24) is 16.0 Å². The second kappa shape index (κ2) is 11.1. The third kappa shape index (κ3) is 7.88. The van der Waals surface area contributed by atoms with E-state index in [1.807, 2.05) is 18.2 Å². The average Bonchev–Trinajstić information content (AvgIpc) is 3.20. The number of rotatable bonds is 8. The summed E-state index contributed by atoms with van der Waals surface area (Å²) >= 11 is 3.16. The van der Waals surface area contributed by atoms with Gasteiger partial charge in [-0.05, 0) is 59.0 Å². The van der Waals surface area contributed by atoms with Gasteiger partial charge in [-0.2, -0.15) is 5.26 Å². The molecule has 0 aliphatic carbocycles.